The van der Waals surface area contributed by atoms with Crippen LogP contribution in [0.4, 0.5) is 0 Å². The van der Waals surface area contributed by atoms with Crippen LogP contribution >= 0.6 is 0 Å². The first-order chi connectivity index (χ1) is 16.3. The summed E-state index contributed by atoms with van der Waals surface area (Å²) in [5.74, 6) is 1.08. The Morgan fingerprint density at radius 1 is 1.09 bits per heavy atom. The van der Waals surface area contributed by atoms with Crippen LogP contribution in [0.5, 0.6) is 5.75 Å². The van der Waals surface area contributed by atoms with E-state index in [1.54, 1.807) is 37.6 Å². The molecule has 3 aromatic rings. The Morgan fingerprint density at radius 3 is 2.29 bits per heavy atom. The molecule has 1 aliphatic heterocycles. The topological polar surface area (TPSA) is 93.5 Å². The van der Waals surface area contributed by atoms with Gasteiger partial charge in [-0.1, -0.05) is 29.8 Å². The first-order valence-corrected chi connectivity index (χ1v) is 12.7. The normalized spacial score (nSPS) is 16.2. The van der Waals surface area contributed by atoms with E-state index in [1.807, 2.05) is 49.0 Å². The van der Waals surface area contributed by atoms with Crippen LogP contribution in [0.2, 0.25) is 0 Å². The lowest BCUT2D eigenvalue weighted by molar-refractivity contribution is -0.126. The van der Waals surface area contributed by atoms with Crippen LogP contribution in [0, 0.1) is 12.8 Å². The van der Waals surface area contributed by atoms with E-state index in [4.69, 9.17) is 4.74 Å². The van der Waals surface area contributed by atoms with Crippen molar-refractivity contribution in [3.05, 3.63) is 77.9 Å². The highest BCUT2D eigenvalue weighted by atomic mass is 32.2. The van der Waals surface area contributed by atoms with Crippen molar-refractivity contribution >= 4 is 15.9 Å². The van der Waals surface area contributed by atoms with Crippen molar-refractivity contribution in [2.24, 2.45) is 13.0 Å². The van der Waals surface area contributed by atoms with E-state index >= 15 is 0 Å². The van der Waals surface area contributed by atoms with Crippen LogP contribution in [-0.2, 0) is 21.9 Å². The molecule has 8 nitrogen and oxygen atoms in total. The molecular weight excluding hydrogens is 452 g/mol. The van der Waals surface area contributed by atoms with Crippen LogP contribution < -0.4 is 10.1 Å². The van der Waals surface area contributed by atoms with Crippen molar-refractivity contribution < 1.29 is 17.9 Å². The molecule has 2 aromatic carbocycles. The van der Waals surface area contributed by atoms with Crippen LogP contribution in [0.15, 0.2) is 65.8 Å². The summed E-state index contributed by atoms with van der Waals surface area (Å²) in [5, 5.41) is 3.14. The molecule has 1 aliphatic rings. The maximum atomic E-state index is 13.2. The Hall–Kier alpha value is -3.17. The van der Waals surface area contributed by atoms with E-state index in [2.05, 4.69) is 10.3 Å². The molecule has 180 valence electrons. The van der Waals surface area contributed by atoms with Gasteiger partial charge in [0.1, 0.15) is 17.6 Å². The number of rotatable bonds is 7. The Balaban J connectivity index is 1.46. The largest absolute Gasteiger partial charge is 0.497 e. The molecule has 0 bridgehead atoms. The van der Waals surface area contributed by atoms with Crippen molar-refractivity contribution in [2.45, 2.75) is 30.7 Å². The molecule has 34 heavy (non-hydrogen) atoms. The predicted octanol–water partition coefficient (Wildman–Crippen LogP) is 3.04. The van der Waals surface area contributed by atoms with Crippen LogP contribution in [-0.4, -0.2) is 48.4 Å². The lowest BCUT2D eigenvalue weighted by atomic mass is 9.96. The second-order valence-electron chi connectivity index (χ2n) is 8.60. The number of ether oxygens (including phenoxy) is 1. The monoisotopic (exact) mass is 482 g/mol. The average molecular weight is 483 g/mol. The van der Waals surface area contributed by atoms with Crippen molar-refractivity contribution in [1.82, 2.24) is 19.2 Å². The third-order valence-electron chi connectivity index (χ3n) is 6.34. The van der Waals surface area contributed by atoms with E-state index < -0.39 is 16.1 Å². The minimum Gasteiger partial charge on any atom is -0.497 e. The van der Waals surface area contributed by atoms with Gasteiger partial charge in [-0.2, -0.15) is 4.31 Å². The van der Waals surface area contributed by atoms with Gasteiger partial charge < -0.3 is 14.6 Å². The number of hydrogen-bond acceptors (Lipinski definition) is 5. The summed E-state index contributed by atoms with van der Waals surface area (Å²) >= 11 is 0. The number of aryl methyl sites for hydroxylation is 2. The van der Waals surface area contributed by atoms with Crippen molar-refractivity contribution in [3.63, 3.8) is 0 Å². The molecule has 1 amide bonds. The van der Waals surface area contributed by atoms with Gasteiger partial charge in [-0.15, -0.1) is 0 Å². The van der Waals surface area contributed by atoms with Gasteiger partial charge in [-0.25, -0.2) is 13.4 Å². The number of carbonyl (C=O) groups excluding carboxylic acids is 1. The lowest BCUT2D eigenvalue weighted by Crippen LogP contribution is -2.44. The number of amides is 1. The number of aromatic nitrogens is 2. The number of nitrogens with zero attached hydrogens (tertiary/aromatic N) is 3. The number of piperidine rings is 1. The van der Waals surface area contributed by atoms with Gasteiger partial charge in [-0.05, 0) is 49.6 Å². The first kappa shape index (κ1) is 24.0. The third kappa shape index (κ3) is 5.00. The summed E-state index contributed by atoms with van der Waals surface area (Å²) in [6.45, 7) is 2.54. The van der Waals surface area contributed by atoms with Crippen LogP contribution in [0.3, 0.4) is 0 Å². The molecular formula is C25H30N4O4S. The number of sulfonamides is 1. The zero-order valence-electron chi connectivity index (χ0n) is 19.6. The average Bonchev–Trinajstić information content (AvgIpc) is 3.28. The lowest BCUT2D eigenvalue weighted by Gasteiger charge is -2.31. The molecule has 1 N–H and O–H groups in total. The molecule has 1 unspecified atom stereocenters. The fraction of sp³-hybridized carbons (Fsp3) is 0.360. The quantitative estimate of drug-likeness (QED) is 0.559. The van der Waals surface area contributed by atoms with Crippen molar-refractivity contribution in [2.75, 3.05) is 20.2 Å². The van der Waals surface area contributed by atoms with Gasteiger partial charge in [0.2, 0.25) is 15.9 Å². The van der Waals surface area contributed by atoms with Crippen molar-refractivity contribution in [3.8, 4) is 5.75 Å². The van der Waals surface area contributed by atoms with Crippen LogP contribution in [0.1, 0.15) is 35.8 Å². The summed E-state index contributed by atoms with van der Waals surface area (Å²) in [6, 6.07) is 14.0. The number of hydrogen-bond donors (Lipinski definition) is 1. The van der Waals surface area contributed by atoms with E-state index in [9.17, 15) is 13.2 Å². The van der Waals surface area contributed by atoms with E-state index in [0.29, 0.717) is 25.9 Å². The highest BCUT2D eigenvalue weighted by Gasteiger charge is 2.33. The van der Waals surface area contributed by atoms with Crippen LogP contribution in [0.25, 0.3) is 0 Å². The summed E-state index contributed by atoms with van der Waals surface area (Å²) in [5.41, 5.74) is 1.90. The predicted molar refractivity (Wildman–Crippen MR) is 129 cm³/mol. The summed E-state index contributed by atoms with van der Waals surface area (Å²) in [6.07, 6.45) is 4.47. The first-order valence-electron chi connectivity index (χ1n) is 11.3. The minimum atomic E-state index is -3.57. The zero-order valence-corrected chi connectivity index (χ0v) is 20.5. The third-order valence-corrected chi connectivity index (χ3v) is 8.25. The van der Waals surface area contributed by atoms with Gasteiger partial charge in [0.05, 0.1) is 12.0 Å². The van der Waals surface area contributed by atoms with Gasteiger partial charge in [0.15, 0.2) is 0 Å². The Bertz CT molecular complexity index is 1230. The fourth-order valence-corrected chi connectivity index (χ4v) is 5.70. The number of methoxy groups -OCH3 is 1. The van der Waals surface area contributed by atoms with Crippen molar-refractivity contribution in [1.29, 1.82) is 0 Å². The molecule has 2 heterocycles. The molecule has 0 radical (unpaired) electrons. The number of imidazole rings is 1. The van der Waals surface area contributed by atoms with E-state index in [0.717, 1.165) is 22.7 Å². The Morgan fingerprint density at radius 2 is 1.74 bits per heavy atom. The molecule has 1 fully saturated rings. The summed E-state index contributed by atoms with van der Waals surface area (Å²) in [7, 11) is -0.0674. The number of carbonyl (C=O) groups is 1. The molecule has 1 aromatic heterocycles. The standard InChI is InChI=1S/C25H30N4O4S/c1-18-4-10-22(11-5-18)34(31,32)29-15-12-20(13-16-29)25(30)27-23(24-26-14-17-28(24)2)19-6-8-21(33-3)9-7-19/h4-11,14,17,20,23H,12-13,15-16H2,1-3H3,(H,27,30). The van der Waals surface area contributed by atoms with E-state index in [1.165, 1.54) is 4.31 Å². The molecule has 0 aliphatic carbocycles. The zero-order chi connectivity index (χ0) is 24.3. The SMILES string of the molecule is COc1ccc(C(NC(=O)C2CCN(S(=O)(=O)c3ccc(C)cc3)CC2)c2nccn2C)cc1. The Kier molecular flexibility index (Phi) is 7.04. The highest BCUT2D eigenvalue weighted by molar-refractivity contribution is 7.89. The number of nitrogens with one attached hydrogen (secondary N) is 1. The molecule has 0 spiro atoms. The fourth-order valence-electron chi connectivity index (χ4n) is 4.23. The molecule has 1 saturated heterocycles. The maximum absolute atomic E-state index is 13.2. The molecule has 9 heteroatoms. The molecule has 0 saturated carbocycles. The second kappa shape index (κ2) is 9.99. The second-order valence-corrected chi connectivity index (χ2v) is 10.5. The van der Waals surface area contributed by atoms with Gasteiger partial charge in [0.25, 0.3) is 0 Å². The molecule has 1 atom stereocenters. The smallest absolute Gasteiger partial charge is 0.243 e. The molecule has 4 rings (SSSR count). The van der Waals surface area contributed by atoms with Gasteiger partial charge in [-0.3, -0.25) is 4.79 Å². The van der Waals surface area contributed by atoms with Gasteiger partial charge >= 0.3 is 0 Å². The van der Waals surface area contributed by atoms with Gasteiger partial charge in [0, 0.05) is 38.4 Å². The highest BCUT2D eigenvalue weighted by Crippen LogP contribution is 2.27. The maximum Gasteiger partial charge on any atom is 0.243 e. The summed E-state index contributed by atoms with van der Waals surface area (Å²) < 4.78 is 34.6. The Labute approximate surface area is 200 Å². The van der Waals surface area contributed by atoms with E-state index in [-0.39, 0.29) is 16.7 Å². The minimum absolute atomic E-state index is 0.101. The number of benzene rings is 2. The summed E-state index contributed by atoms with van der Waals surface area (Å²) in [4.78, 5) is 18.0.